The Kier molecular flexibility index (Phi) is 2.96. The van der Waals surface area contributed by atoms with Crippen LogP contribution >= 0.6 is 11.6 Å². The Balaban J connectivity index is 2.11. The van der Waals surface area contributed by atoms with Gasteiger partial charge in [0, 0.05) is 25.3 Å². The van der Waals surface area contributed by atoms with E-state index < -0.39 is 0 Å². The highest BCUT2D eigenvalue weighted by Gasteiger charge is 2.26. The van der Waals surface area contributed by atoms with Gasteiger partial charge in [-0.1, -0.05) is 12.1 Å². The van der Waals surface area contributed by atoms with Crippen LogP contribution in [0.3, 0.4) is 0 Å². The normalized spacial score (nSPS) is 19.4. The molecule has 1 aromatic carbocycles. The monoisotopic (exact) mass is 263 g/mol. The molecule has 1 aromatic heterocycles. The second kappa shape index (κ2) is 4.61. The molecule has 2 aromatic rings. The summed E-state index contributed by atoms with van der Waals surface area (Å²) in [6.07, 6.45) is 1.25. The lowest BCUT2D eigenvalue weighted by Crippen LogP contribution is -2.17. The third kappa shape index (κ3) is 1.86. The zero-order valence-electron chi connectivity index (χ0n) is 9.90. The Hall–Kier alpha value is -1.55. The van der Waals surface area contributed by atoms with Crippen LogP contribution < -0.4 is 5.32 Å². The predicted octanol–water partition coefficient (Wildman–Crippen LogP) is 1.88. The van der Waals surface area contributed by atoms with Crippen LogP contribution in [0.4, 0.5) is 0 Å². The van der Waals surface area contributed by atoms with Crippen LogP contribution in [0.1, 0.15) is 18.3 Å². The van der Waals surface area contributed by atoms with Crippen molar-refractivity contribution in [2.45, 2.75) is 18.9 Å². The van der Waals surface area contributed by atoms with Gasteiger partial charge in [0.05, 0.1) is 17.1 Å². The third-order valence-electron chi connectivity index (χ3n) is 3.31. The molecule has 0 saturated carbocycles. The summed E-state index contributed by atoms with van der Waals surface area (Å²) in [6, 6.07) is 8.16. The molecule has 0 spiro atoms. The van der Waals surface area contributed by atoms with Crippen molar-refractivity contribution in [1.82, 2.24) is 14.9 Å². The van der Waals surface area contributed by atoms with Crippen molar-refractivity contribution in [3.63, 3.8) is 0 Å². The number of aromatic nitrogens is 2. The van der Waals surface area contributed by atoms with Gasteiger partial charge < -0.3 is 9.88 Å². The lowest BCUT2D eigenvalue weighted by Gasteiger charge is -2.14. The van der Waals surface area contributed by atoms with Gasteiger partial charge in [0.15, 0.2) is 0 Å². The Morgan fingerprint density at radius 1 is 1.44 bits per heavy atom. The summed E-state index contributed by atoms with van der Waals surface area (Å²) in [5, 5.41) is 2.87. The van der Waals surface area contributed by atoms with Crippen molar-refractivity contribution in [3.8, 4) is 0 Å². The van der Waals surface area contributed by atoms with Crippen molar-refractivity contribution >= 4 is 28.5 Å². The number of fused-ring (bicyclic) bond motifs is 1. The van der Waals surface area contributed by atoms with Gasteiger partial charge in [-0.3, -0.25) is 4.79 Å². The second-order valence-corrected chi connectivity index (χ2v) is 4.87. The minimum Gasteiger partial charge on any atom is -0.354 e. The van der Waals surface area contributed by atoms with E-state index in [1.54, 1.807) is 0 Å². The van der Waals surface area contributed by atoms with Crippen LogP contribution in [0.15, 0.2) is 24.3 Å². The van der Waals surface area contributed by atoms with Crippen molar-refractivity contribution < 1.29 is 4.79 Å². The smallest absolute Gasteiger partial charge is 0.222 e. The summed E-state index contributed by atoms with van der Waals surface area (Å²) in [6.45, 7) is 0.675. The molecule has 1 saturated heterocycles. The molecule has 2 heterocycles. The first-order chi connectivity index (χ1) is 8.79. The summed E-state index contributed by atoms with van der Waals surface area (Å²) in [4.78, 5) is 16.0. The zero-order chi connectivity index (χ0) is 12.5. The summed E-state index contributed by atoms with van der Waals surface area (Å²) < 4.78 is 2.16. The lowest BCUT2D eigenvalue weighted by molar-refractivity contribution is -0.119. The highest BCUT2D eigenvalue weighted by atomic mass is 35.5. The van der Waals surface area contributed by atoms with Crippen molar-refractivity contribution in [2.24, 2.45) is 0 Å². The number of carbonyl (C=O) groups is 1. The highest BCUT2D eigenvalue weighted by Crippen LogP contribution is 2.25. The number of carbonyl (C=O) groups excluding carboxylic acids is 1. The van der Waals surface area contributed by atoms with Crippen LogP contribution in [0.25, 0.3) is 11.0 Å². The van der Waals surface area contributed by atoms with Gasteiger partial charge >= 0.3 is 0 Å². The molecule has 1 N–H and O–H groups in total. The first-order valence-electron chi connectivity index (χ1n) is 6.08. The average molecular weight is 264 g/mol. The largest absolute Gasteiger partial charge is 0.354 e. The molecule has 1 aliphatic heterocycles. The van der Waals surface area contributed by atoms with E-state index in [4.69, 9.17) is 11.6 Å². The van der Waals surface area contributed by atoms with E-state index in [1.807, 2.05) is 24.3 Å². The minimum absolute atomic E-state index is 0.106. The first-order valence-corrected chi connectivity index (χ1v) is 6.61. The molecule has 1 unspecified atom stereocenters. The quantitative estimate of drug-likeness (QED) is 0.860. The molecule has 1 atom stereocenters. The number of rotatable bonds is 3. The van der Waals surface area contributed by atoms with Gasteiger partial charge in [0.25, 0.3) is 0 Å². The number of benzene rings is 1. The standard InChI is InChI=1S/C13H14ClN3O/c14-6-5-12-16-10-3-1-2-4-11(10)17(12)9-7-13(18)15-8-9/h1-4,9H,5-8H2,(H,15,18). The number of nitrogens with zero attached hydrogens (tertiary/aromatic N) is 2. The van der Waals surface area contributed by atoms with E-state index >= 15 is 0 Å². The fraction of sp³-hybridized carbons (Fsp3) is 0.385. The van der Waals surface area contributed by atoms with E-state index in [-0.39, 0.29) is 11.9 Å². The van der Waals surface area contributed by atoms with Crippen LogP contribution in [-0.2, 0) is 11.2 Å². The molecule has 1 aliphatic rings. The predicted molar refractivity (Wildman–Crippen MR) is 70.8 cm³/mol. The molecule has 1 fully saturated rings. The summed E-state index contributed by atoms with van der Waals surface area (Å²) in [7, 11) is 0. The van der Waals surface area contributed by atoms with Gasteiger partial charge in [0.1, 0.15) is 5.82 Å². The van der Waals surface area contributed by atoms with E-state index in [0.717, 1.165) is 23.3 Å². The first kappa shape index (κ1) is 11.5. The number of alkyl halides is 1. The van der Waals surface area contributed by atoms with Crippen molar-refractivity contribution in [3.05, 3.63) is 30.1 Å². The van der Waals surface area contributed by atoms with E-state index in [9.17, 15) is 4.79 Å². The molecule has 0 bridgehead atoms. The molecule has 1 amide bonds. The van der Waals surface area contributed by atoms with Crippen LogP contribution in [0.2, 0.25) is 0 Å². The van der Waals surface area contributed by atoms with Crippen LogP contribution in [0, 0.1) is 0 Å². The summed E-state index contributed by atoms with van der Waals surface area (Å²) >= 11 is 5.84. The molecule has 18 heavy (non-hydrogen) atoms. The highest BCUT2D eigenvalue weighted by molar-refractivity contribution is 6.17. The fourth-order valence-corrected chi connectivity index (χ4v) is 2.70. The van der Waals surface area contributed by atoms with Gasteiger partial charge in [-0.15, -0.1) is 11.6 Å². The van der Waals surface area contributed by atoms with Gasteiger partial charge in [0.2, 0.25) is 5.91 Å². The Labute approximate surface area is 110 Å². The number of amides is 1. The van der Waals surface area contributed by atoms with E-state index in [2.05, 4.69) is 14.9 Å². The molecule has 94 valence electrons. The average Bonchev–Trinajstić information content (AvgIpc) is 2.92. The molecule has 4 nitrogen and oxygen atoms in total. The minimum atomic E-state index is 0.106. The number of imidazole rings is 1. The molecular weight excluding hydrogens is 250 g/mol. The molecular formula is C13H14ClN3O. The molecule has 3 rings (SSSR count). The second-order valence-electron chi connectivity index (χ2n) is 4.49. The Morgan fingerprint density at radius 2 is 2.28 bits per heavy atom. The Bertz CT molecular complexity index is 593. The number of para-hydroxylation sites is 2. The number of halogens is 1. The van der Waals surface area contributed by atoms with E-state index in [1.165, 1.54) is 0 Å². The Morgan fingerprint density at radius 3 is 3.00 bits per heavy atom. The maximum absolute atomic E-state index is 11.4. The maximum Gasteiger partial charge on any atom is 0.222 e. The van der Waals surface area contributed by atoms with Gasteiger partial charge in [-0.2, -0.15) is 0 Å². The summed E-state index contributed by atoms with van der Waals surface area (Å²) in [5.74, 6) is 1.61. The van der Waals surface area contributed by atoms with Crippen molar-refractivity contribution in [1.29, 1.82) is 0 Å². The maximum atomic E-state index is 11.4. The lowest BCUT2D eigenvalue weighted by atomic mass is 10.2. The zero-order valence-corrected chi connectivity index (χ0v) is 10.7. The molecule has 0 radical (unpaired) electrons. The number of hydrogen-bond acceptors (Lipinski definition) is 2. The number of hydrogen-bond donors (Lipinski definition) is 1. The summed E-state index contributed by atoms with van der Waals surface area (Å²) in [5.41, 5.74) is 2.05. The van der Waals surface area contributed by atoms with Gasteiger partial charge in [-0.05, 0) is 12.1 Å². The fourth-order valence-electron chi connectivity index (χ4n) is 2.54. The molecule has 0 aliphatic carbocycles. The molecule has 5 heteroatoms. The number of nitrogens with one attached hydrogen (secondary N) is 1. The van der Waals surface area contributed by atoms with E-state index in [0.29, 0.717) is 18.8 Å². The van der Waals surface area contributed by atoms with Crippen LogP contribution in [-0.4, -0.2) is 27.9 Å². The number of aryl methyl sites for hydroxylation is 1. The SMILES string of the molecule is O=C1CC(n2c(CCCl)nc3ccccc32)CN1. The van der Waals surface area contributed by atoms with Crippen LogP contribution in [0.5, 0.6) is 0 Å². The topological polar surface area (TPSA) is 46.9 Å². The third-order valence-corrected chi connectivity index (χ3v) is 3.50. The van der Waals surface area contributed by atoms with Crippen molar-refractivity contribution in [2.75, 3.05) is 12.4 Å². The van der Waals surface area contributed by atoms with Gasteiger partial charge in [-0.25, -0.2) is 4.98 Å².